The number of rotatable bonds is 3. The zero-order valence-electron chi connectivity index (χ0n) is 11.1. The van der Waals surface area contributed by atoms with Crippen LogP contribution in [-0.4, -0.2) is 34.2 Å². The number of aromatic nitrogens is 1. The number of benzene rings is 1. The molecule has 1 saturated heterocycles. The van der Waals surface area contributed by atoms with Crippen LogP contribution < -0.4 is 0 Å². The van der Waals surface area contributed by atoms with Crippen molar-refractivity contribution in [1.29, 1.82) is 0 Å². The fourth-order valence-electron chi connectivity index (χ4n) is 2.40. The standard InChI is InChI=1S/C15H17ClN2O2/c16-12-3-1-11(2-4-12)14-9-17-15(20-14)10-18-7-5-13(19)6-8-18/h1-4,9,13,19H,5-8,10H2. The van der Waals surface area contributed by atoms with Crippen molar-refractivity contribution in [2.75, 3.05) is 13.1 Å². The van der Waals surface area contributed by atoms with Gasteiger partial charge in [-0.2, -0.15) is 0 Å². The van der Waals surface area contributed by atoms with Crippen LogP contribution in [0.4, 0.5) is 0 Å². The number of hydrogen-bond acceptors (Lipinski definition) is 4. The van der Waals surface area contributed by atoms with Gasteiger partial charge in [0.15, 0.2) is 5.76 Å². The zero-order chi connectivity index (χ0) is 13.9. The van der Waals surface area contributed by atoms with Gasteiger partial charge in [-0.05, 0) is 37.1 Å². The largest absolute Gasteiger partial charge is 0.439 e. The van der Waals surface area contributed by atoms with Crippen LogP contribution >= 0.6 is 11.6 Å². The van der Waals surface area contributed by atoms with E-state index in [9.17, 15) is 5.11 Å². The summed E-state index contributed by atoms with van der Waals surface area (Å²) in [5, 5.41) is 10.2. The normalized spacial score (nSPS) is 17.5. The van der Waals surface area contributed by atoms with Crippen LogP contribution in [0.25, 0.3) is 11.3 Å². The second-order valence-corrected chi connectivity index (χ2v) is 5.57. The van der Waals surface area contributed by atoms with Crippen molar-refractivity contribution in [3.8, 4) is 11.3 Å². The van der Waals surface area contributed by atoms with E-state index in [1.807, 2.05) is 24.3 Å². The molecular weight excluding hydrogens is 276 g/mol. The van der Waals surface area contributed by atoms with Gasteiger partial charge >= 0.3 is 0 Å². The van der Waals surface area contributed by atoms with E-state index in [2.05, 4.69) is 9.88 Å². The summed E-state index contributed by atoms with van der Waals surface area (Å²) < 4.78 is 5.78. The minimum atomic E-state index is -0.152. The Labute approximate surface area is 123 Å². The predicted molar refractivity (Wildman–Crippen MR) is 77.5 cm³/mol. The average molecular weight is 293 g/mol. The quantitative estimate of drug-likeness (QED) is 0.945. The summed E-state index contributed by atoms with van der Waals surface area (Å²) in [7, 11) is 0. The lowest BCUT2D eigenvalue weighted by Gasteiger charge is -2.28. The molecule has 4 nitrogen and oxygen atoms in total. The molecule has 1 aromatic heterocycles. The molecule has 0 unspecified atom stereocenters. The van der Waals surface area contributed by atoms with E-state index in [0.29, 0.717) is 17.5 Å². The molecule has 0 atom stereocenters. The summed E-state index contributed by atoms with van der Waals surface area (Å²) in [6.07, 6.45) is 3.24. The van der Waals surface area contributed by atoms with E-state index in [0.717, 1.165) is 37.3 Å². The maximum Gasteiger partial charge on any atom is 0.209 e. The van der Waals surface area contributed by atoms with Crippen molar-refractivity contribution >= 4 is 11.6 Å². The molecule has 0 amide bonds. The SMILES string of the molecule is OC1CCN(Cc2ncc(-c3ccc(Cl)cc3)o2)CC1. The zero-order valence-corrected chi connectivity index (χ0v) is 11.9. The van der Waals surface area contributed by atoms with Gasteiger partial charge in [0.2, 0.25) is 5.89 Å². The van der Waals surface area contributed by atoms with Gasteiger partial charge in [-0.15, -0.1) is 0 Å². The summed E-state index contributed by atoms with van der Waals surface area (Å²) in [5.41, 5.74) is 0.974. The number of hydrogen-bond donors (Lipinski definition) is 1. The lowest BCUT2D eigenvalue weighted by molar-refractivity contribution is 0.0752. The van der Waals surface area contributed by atoms with Crippen molar-refractivity contribution in [3.63, 3.8) is 0 Å². The number of halogens is 1. The predicted octanol–water partition coefficient (Wildman–Crippen LogP) is 2.95. The van der Waals surface area contributed by atoms with Crippen LogP contribution in [0.5, 0.6) is 0 Å². The number of nitrogens with zero attached hydrogens (tertiary/aromatic N) is 2. The molecule has 0 bridgehead atoms. The molecule has 0 radical (unpaired) electrons. The molecule has 20 heavy (non-hydrogen) atoms. The van der Waals surface area contributed by atoms with Gasteiger partial charge < -0.3 is 9.52 Å². The van der Waals surface area contributed by atoms with Gasteiger partial charge in [0.25, 0.3) is 0 Å². The highest BCUT2D eigenvalue weighted by Crippen LogP contribution is 2.23. The Morgan fingerprint density at radius 3 is 2.65 bits per heavy atom. The van der Waals surface area contributed by atoms with Crippen LogP contribution in [0.1, 0.15) is 18.7 Å². The van der Waals surface area contributed by atoms with E-state index in [4.69, 9.17) is 16.0 Å². The molecule has 1 aliphatic heterocycles. The van der Waals surface area contributed by atoms with E-state index in [-0.39, 0.29) is 6.10 Å². The van der Waals surface area contributed by atoms with E-state index in [1.165, 1.54) is 0 Å². The number of aliphatic hydroxyl groups is 1. The van der Waals surface area contributed by atoms with E-state index in [1.54, 1.807) is 6.20 Å². The highest BCUT2D eigenvalue weighted by molar-refractivity contribution is 6.30. The molecule has 2 aromatic rings. The molecule has 1 fully saturated rings. The minimum Gasteiger partial charge on any atom is -0.439 e. The highest BCUT2D eigenvalue weighted by Gasteiger charge is 2.18. The highest BCUT2D eigenvalue weighted by atomic mass is 35.5. The third-order valence-electron chi connectivity index (χ3n) is 3.60. The Morgan fingerprint density at radius 1 is 1.25 bits per heavy atom. The summed E-state index contributed by atoms with van der Waals surface area (Å²) in [5.74, 6) is 1.47. The van der Waals surface area contributed by atoms with E-state index < -0.39 is 0 Å². The second-order valence-electron chi connectivity index (χ2n) is 5.13. The van der Waals surface area contributed by atoms with Crippen LogP contribution in [-0.2, 0) is 6.54 Å². The molecule has 5 heteroatoms. The van der Waals surface area contributed by atoms with Crippen molar-refractivity contribution in [1.82, 2.24) is 9.88 Å². The van der Waals surface area contributed by atoms with Gasteiger partial charge in [0.05, 0.1) is 18.8 Å². The molecule has 0 saturated carbocycles. The number of oxazole rings is 1. The van der Waals surface area contributed by atoms with Crippen LogP contribution in [0, 0.1) is 0 Å². The van der Waals surface area contributed by atoms with Gasteiger partial charge in [0, 0.05) is 23.7 Å². The van der Waals surface area contributed by atoms with Gasteiger partial charge in [-0.3, -0.25) is 4.90 Å². The molecule has 0 spiro atoms. The van der Waals surface area contributed by atoms with Gasteiger partial charge in [0.1, 0.15) is 0 Å². The lowest BCUT2D eigenvalue weighted by Crippen LogP contribution is -2.35. The third-order valence-corrected chi connectivity index (χ3v) is 3.85. The molecule has 0 aliphatic carbocycles. The fourth-order valence-corrected chi connectivity index (χ4v) is 2.53. The first-order valence-corrected chi connectivity index (χ1v) is 7.19. The summed E-state index contributed by atoms with van der Waals surface area (Å²) in [4.78, 5) is 6.58. The van der Waals surface area contributed by atoms with Crippen LogP contribution in [0.3, 0.4) is 0 Å². The Balaban J connectivity index is 1.66. The van der Waals surface area contributed by atoms with Crippen molar-refractivity contribution in [2.45, 2.75) is 25.5 Å². The molecule has 2 heterocycles. The van der Waals surface area contributed by atoms with Crippen LogP contribution in [0.15, 0.2) is 34.9 Å². The van der Waals surface area contributed by atoms with Crippen molar-refractivity contribution < 1.29 is 9.52 Å². The first kappa shape index (κ1) is 13.6. The monoisotopic (exact) mass is 292 g/mol. The topological polar surface area (TPSA) is 49.5 Å². The van der Waals surface area contributed by atoms with Gasteiger partial charge in [-0.1, -0.05) is 11.6 Å². The third kappa shape index (κ3) is 3.20. The Kier molecular flexibility index (Phi) is 4.05. The smallest absolute Gasteiger partial charge is 0.209 e. The van der Waals surface area contributed by atoms with E-state index >= 15 is 0 Å². The molecule has 106 valence electrons. The molecule has 3 rings (SSSR count). The maximum atomic E-state index is 9.49. The van der Waals surface area contributed by atoms with Crippen LogP contribution in [0.2, 0.25) is 5.02 Å². The second kappa shape index (κ2) is 5.95. The first-order valence-electron chi connectivity index (χ1n) is 6.82. The first-order chi connectivity index (χ1) is 9.70. The number of aliphatic hydroxyl groups excluding tert-OH is 1. The summed E-state index contributed by atoms with van der Waals surface area (Å²) in [6, 6.07) is 7.52. The lowest BCUT2D eigenvalue weighted by atomic mass is 10.1. The number of likely N-dealkylation sites (tertiary alicyclic amines) is 1. The van der Waals surface area contributed by atoms with Crippen molar-refractivity contribution in [2.24, 2.45) is 0 Å². The number of piperidine rings is 1. The Hall–Kier alpha value is -1.36. The molecular formula is C15H17ClN2O2. The van der Waals surface area contributed by atoms with Gasteiger partial charge in [-0.25, -0.2) is 4.98 Å². The fraction of sp³-hybridized carbons (Fsp3) is 0.400. The maximum absolute atomic E-state index is 9.49. The Bertz CT molecular complexity index is 560. The summed E-state index contributed by atoms with van der Waals surface area (Å²) >= 11 is 5.87. The Morgan fingerprint density at radius 2 is 1.95 bits per heavy atom. The minimum absolute atomic E-state index is 0.152. The van der Waals surface area contributed by atoms with Crippen molar-refractivity contribution in [3.05, 3.63) is 41.4 Å². The average Bonchev–Trinajstić information content (AvgIpc) is 2.91. The molecule has 1 aliphatic rings. The molecule has 1 aromatic carbocycles. The molecule has 1 N–H and O–H groups in total. The summed E-state index contributed by atoms with van der Waals surface area (Å²) in [6.45, 7) is 2.47.